The quantitative estimate of drug-likeness (QED) is 0.710. The first-order chi connectivity index (χ1) is 13.2. The topological polar surface area (TPSA) is 57.2 Å². The maximum Gasteiger partial charge on any atom is 0.340 e. The predicted molar refractivity (Wildman–Crippen MR) is 109 cm³/mol. The van der Waals surface area contributed by atoms with Gasteiger partial charge in [-0.1, -0.05) is 36.4 Å². The maximum absolute atomic E-state index is 12.6. The summed E-state index contributed by atoms with van der Waals surface area (Å²) in [7, 11) is 1.95. The Labute approximate surface area is 159 Å². The molecule has 0 amide bonds. The number of esters is 1. The summed E-state index contributed by atoms with van der Waals surface area (Å²) in [5.74, 6) is -0.307. The minimum absolute atomic E-state index is 0.292. The van der Waals surface area contributed by atoms with E-state index in [0.29, 0.717) is 18.7 Å². The second kappa shape index (κ2) is 7.05. The molecule has 0 atom stereocenters. The summed E-state index contributed by atoms with van der Waals surface area (Å²) in [5, 5.41) is 0.901. The third kappa shape index (κ3) is 2.86. The van der Waals surface area contributed by atoms with Gasteiger partial charge in [-0.3, -0.25) is 0 Å². The second-order valence-corrected chi connectivity index (χ2v) is 6.85. The number of carbonyl (C=O) groups is 1. The summed E-state index contributed by atoms with van der Waals surface area (Å²) in [4.78, 5) is 12.6. The third-order valence-corrected chi connectivity index (χ3v) is 5.37. The summed E-state index contributed by atoms with van der Waals surface area (Å²) in [6.07, 6.45) is 4.39. The van der Waals surface area contributed by atoms with Crippen LogP contribution in [-0.2, 0) is 24.8 Å². The van der Waals surface area contributed by atoms with Crippen molar-refractivity contribution in [2.45, 2.75) is 26.3 Å². The van der Waals surface area contributed by atoms with Gasteiger partial charge in [0.05, 0.1) is 12.2 Å². The number of aromatic nitrogens is 1. The number of aryl methyl sites for hydroxylation is 2. The fourth-order valence-corrected chi connectivity index (χ4v) is 4.09. The summed E-state index contributed by atoms with van der Waals surface area (Å²) < 4.78 is 7.31. The zero-order chi connectivity index (χ0) is 19.0. The van der Waals surface area contributed by atoms with Crippen molar-refractivity contribution in [3.63, 3.8) is 0 Å². The molecular formula is C23H24N2O2. The number of hydrogen-bond donors (Lipinski definition) is 1. The monoisotopic (exact) mass is 360 g/mol. The Hall–Kier alpha value is -2.85. The van der Waals surface area contributed by atoms with Gasteiger partial charge >= 0.3 is 5.97 Å². The molecule has 4 rings (SSSR count). The Morgan fingerprint density at radius 1 is 1.22 bits per heavy atom. The molecule has 1 aliphatic rings. The minimum Gasteiger partial charge on any atom is -0.462 e. The van der Waals surface area contributed by atoms with E-state index in [-0.39, 0.29) is 5.97 Å². The number of benzene rings is 2. The van der Waals surface area contributed by atoms with Crippen molar-refractivity contribution in [3.05, 3.63) is 76.5 Å². The van der Waals surface area contributed by atoms with Gasteiger partial charge in [-0.25, -0.2) is 4.79 Å². The molecule has 1 aromatic heterocycles. The minimum atomic E-state index is -0.307. The van der Waals surface area contributed by atoms with Gasteiger partial charge in [-0.05, 0) is 54.2 Å². The van der Waals surface area contributed by atoms with E-state index in [1.807, 2.05) is 18.5 Å². The van der Waals surface area contributed by atoms with Crippen LogP contribution < -0.4 is 5.73 Å². The Morgan fingerprint density at radius 2 is 2.04 bits per heavy atom. The van der Waals surface area contributed by atoms with E-state index < -0.39 is 0 Å². The molecule has 4 heteroatoms. The molecule has 1 aliphatic carbocycles. The van der Waals surface area contributed by atoms with Gasteiger partial charge < -0.3 is 15.0 Å². The van der Waals surface area contributed by atoms with Gasteiger partial charge in [0.2, 0.25) is 0 Å². The Balaban J connectivity index is 1.91. The summed E-state index contributed by atoms with van der Waals surface area (Å²) in [6, 6.07) is 14.8. The Bertz CT molecular complexity index is 1060. The molecule has 0 bridgehead atoms. The van der Waals surface area contributed by atoms with E-state index in [1.165, 1.54) is 16.7 Å². The number of hydrogen-bond acceptors (Lipinski definition) is 3. The molecule has 138 valence electrons. The number of carbonyl (C=O) groups excluding carboxylic acids is 1. The molecule has 0 saturated heterocycles. The number of ether oxygens (including phenoxy) is 1. The van der Waals surface area contributed by atoms with Gasteiger partial charge in [0, 0.05) is 30.2 Å². The summed E-state index contributed by atoms with van der Waals surface area (Å²) in [6.45, 7) is 2.46. The highest BCUT2D eigenvalue weighted by atomic mass is 16.5. The normalized spacial score (nSPS) is 13.4. The van der Waals surface area contributed by atoms with E-state index in [1.54, 1.807) is 0 Å². The molecule has 0 saturated carbocycles. The van der Waals surface area contributed by atoms with Crippen LogP contribution in [0.15, 0.2) is 48.5 Å². The highest BCUT2D eigenvalue weighted by Gasteiger charge is 2.22. The van der Waals surface area contributed by atoms with E-state index in [9.17, 15) is 4.79 Å². The Kier molecular flexibility index (Phi) is 4.58. The number of fused-ring (bicyclic) bond motifs is 2. The molecular weight excluding hydrogens is 336 g/mol. The molecule has 27 heavy (non-hydrogen) atoms. The van der Waals surface area contributed by atoms with Crippen LogP contribution in [0.25, 0.3) is 16.5 Å². The Morgan fingerprint density at radius 3 is 2.81 bits per heavy atom. The van der Waals surface area contributed by atoms with Gasteiger partial charge in [0.15, 0.2) is 0 Å². The SMILES string of the molecule is CCOC(=O)c1c(CN)n(C)c2ccc(C3=CCCc4ccccc43)cc12. The van der Waals surface area contributed by atoms with Crippen LogP contribution in [-0.4, -0.2) is 17.1 Å². The van der Waals surface area contributed by atoms with Crippen LogP contribution in [0.3, 0.4) is 0 Å². The van der Waals surface area contributed by atoms with Crippen molar-refractivity contribution in [2.75, 3.05) is 6.61 Å². The largest absolute Gasteiger partial charge is 0.462 e. The van der Waals surface area contributed by atoms with Crippen molar-refractivity contribution in [3.8, 4) is 0 Å². The van der Waals surface area contributed by atoms with Crippen LogP contribution in [0.4, 0.5) is 0 Å². The number of rotatable bonds is 4. The van der Waals surface area contributed by atoms with Crippen molar-refractivity contribution < 1.29 is 9.53 Å². The lowest BCUT2D eigenvalue weighted by Crippen LogP contribution is -2.12. The van der Waals surface area contributed by atoms with Crippen molar-refractivity contribution in [1.82, 2.24) is 4.57 Å². The zero-order valence-corrected chi connectivity index (χ0v) is 15.8. The average Bonchev–Trinajstić information content (AvgIpc) is 2.99. The van der Waals surface area contributed by atoms with Crippen molar-refractivity contribution in [1.29, 1.82) is 0 Å². The van der Waals surface area contributed by atoms with Crippen LogP contribution in [0, 0.1) is 0 Å². The summed E-state index contributed by atoms with van der Waals surface area (Å²) in [5.41, 5.74) is 13.3. The average molecular weight is 360 g/mol. The number of nitrogens with zero attached hydrogens (tertiary/aromatic N) is 1. The van der Waals surface area contributed by atoms with Gasteiger partial charge in [0.25, 0.3) is 0 Å². The van der Waals surface area contributed by atoms with Crippen LogP contribution >= 0.6 is 0 Å². The lowest BCUT2D eigenvalue weighted by Gasteiger charge is -2.18. The molecule has 0 fully saturated rings. The zero-order valence-electron chi connectivity index (χ0n) is 15.8. The van der Waals surface area contributed by atoms with Crippen molar-refractivity contribution >= 4 is 22.4 Å². The van der Waals surface area contributed by atoms with E-state index in [0.717, 1.165) is 35.0 Å². The molecule has 1 heterocycles. The molecule has 2 aromatic carbocycles. The van der Waals surface area contributed by atoms with E-state index in [4.69, 9.17) is 10.5 Å². The highest BCUT2D eigenvalue weighted by Crippen LogP contribution is 2.35. The molecule has 0 aliphatic heterocycles. The van der Waals surface area contributed by atoms with Gasteiger partial charge in [0.1, 0.15) is 0 Å². The number of allylic oxidation sites excluding steroid dienone is 1. The van der Waals surface area contributed by atoms with Crippen LogP contribution in [0.2, 0.25) is 0 Å². The first kappa shape index (κ1) is 17.6. The number of nitrogens with two attached hydrogens (primary N) is 1. The second-order valence-electron chi connectivity index (χ2n) is 6.85. The van der Waals surface area contributed by atoms with Crippen molar-refractivity contribution in [2.24, 2.45) is 12.8 Å². The molecule has 3 aromatic rings. The lowest BCUT2D eigenvalue weighted by atomic mass is 9.86. The third-order valence-electron chi connectivity index (χ3n) is 5.37. The smallest absolute Gasteiger partial charge is 0.340 e. The maximum atomic E-state index is 12.6. The highest BCUT2D eigenvalue weighted by molar-refractivity contribution is 6.07. The van der Waals surface area contributed by atoms with E-state index in [2.05, 4.69) is 48.5 Å². The standard InChI is InChI=1S/C23H24N2O2/c1-3-27-23(26)22-19-13-16(11-12-20(19)25(2)21(22)14-24)18-10-6-8-15-7-4-5-9-17(15)18/h4-5,7,9-13H,3,6,8,14,24H2,1-2H3. The van der Waals surface area contributed by atoms with Gasteiger partial charge in [-0.15, -0.1) is 0 Å². The van der Waals surface area contributed by atoms with Gasteiger partial charge in [-0.2, -0.15) is 0 Å². The lowest BCUT2D eigenvalue weighted by molar-refractivity contribution is 0.0527. The molecule has 0 radical (unpaired) electrons. The first-order valence-electron chi connectivity index (χ1n) is 9.43. The van der Waals surface area contributed by atoms with Crippen LogP contribution in [0.1, 0.15) is 46.1 Å². The first-order valence-corrected chi connectivity index (χ1v) is 9.43. The molecule has 0 spiro atoms. The van der Waals surface area contributed by atoms with E-state index >= 15 is 0 Å². The predicted octanol–water partition coefficient (Wildman–Crippen LogP) is 4.19. The molecule has 0 unspecified atom stereocenters. The summed E-state index contributed by atoms with van der Waals surface area (Å²) >= 11 is 0. The fourth-order valence-electron chi connectivity index (χ4n) is 4.09. The van der Waals surface area contributed by atoms with Crippen LogP contribution in [0.5, 0.6) is 0 Å². The fraction of sp³-hybridized carbons (Fsp3) is 0.261. The molecule has 4 nitrogen and oxygen atoms in total. The molecule has 2 N–H and O–H groups in total.